The van der Waals surface area contributed by atoms with E-state index in [-0.39, 0.29) is 5.91 Å². The van der Waals surface area contributed by atoms with Crippen LogP contribution in [0.3, 0.4) is 0 Å². The van der Waals surface area contributed by atoms with Gasteiger partial charge in [-0.15, -0.1) is 0 Å². The highest BCUT2D eigenvalue weighted by atomic mass is 16.1. The van der Waals surface area contributed by atoms with Crippen molar-refractivity contribution in [2.45, 2.75) is 26.3 Å². The van der Waals surface area contributed by atoms with Crippen LogP contribution in [0.15, 0.2) is 12.4 Å². The predicted molar refractivity (Wildman–Crippen MR) is 57.4 cm³/mol. The molecule has 5 nitrogen and oxygen atoms in total. The van der Waals surface area contributed by atoms with Crippen LogP contribution in [0.5, 0.6) is 0 Å². The Balaban J connectivity index is 2.62. The first kappa shape index (κ1) is 11.6. The van der Waals surface area contributed by atoms with E-state index in [4.69, 9.17) is 5.73 Å². The van der Waals surface area contributed by atoms with E-state index >= 15 is 0 Å². The molecule has 3 N–H and O–H groups in total. The van der Waals surface area contributed by atoms with Gasteiger partial charge in [-0.1, -0.05) is 0 Å². The topological polar surface area (TPSA) is 80.9 Å². The molecule has 0 aromatic carbocycles. The Labute approximate surface area is 89.1 Å². The highest BCUT2D eigenvalue weighted by Crippen LogP contribution is 1.98. The van der Waals surface area contributed by atoms with Crippen molar-refractivity contribution in [3.63, 3.8) is 0 Å². The summed E-state index contributed by atoms with van der Waals surface area (Å²) in [4.78, 5) is 19.4. The van der Waals surface area contributed by atoms with Gasteiger partial charge in [-0.2, -0.15) is 0 Å². The molecule has 0 aliphatic rings. The van der Waals surface area contributed by atoms with Crippen LogP contribution in [-0.2, 0) is 0 Å². The number of nitrogens with zero attached hydrogens (tertiary/aromatic N) is 2. The molecule has 1 amide bonds. The van der Waals surface area contributed by atoms with E-state index in [9.17, 15) is 4.79 Å². The van der Waals surface area contributed by atoms with E-state index in [0.717, 1.165) is 5.69 Å². The van der Waals surface area contributed by atoms with Gasteiger partial charge in [0.05, 0.1) is 0 Å². The lowest BCUT2D eigenvalue weighted by molar-refractivity contribution is 0.0940. The summed E-state index contributed by atoms with van der Waals surface area (Å²) in [7, 11) is 0. The first-order valence-electron chi connectivity index (χ1n) is 4.74. The summed E-state index contributed by atoms with van der Waals surface area (Å²) in [5.74, 6) is -0.223. The van der Waals surface area contributed by atoms with Crippen molar-refractivity contribution in [1.29, 1.82) is 0 Å². The number of nitrogens with two attached hydrogens (primary N) is 1. The molecule has 0 unspecified atom stereocenters. The van der Waals surface area contributed by atoms with Crippen LogP contribution >= 0.6 is 0 Å². The Hall–Kier alpha value is -1.49. The molecule has 0 aliphatic carbocycles. The first-order chi connectivity index (χ1) is 6.88. The Morgan fingerprint density at radius 2 is 2.20 bits per heavy atom. The van der Waals surface area contributed by atoms with Crippen molar-refractivity contribution in [2.24, 2.45) is 5.73 Å². The Morgan fingerprint density at radius 3 is 2.73 bits per heavy atom. The van der Waals surface area contributed by atoms with Gasteiger partial charge in [0.1, 0.15) is 12.0 Å². The minimum Gasteiger partial charge on any atom is -0.349 e. The van der Waals surface area contributed by atoms with Crippen LogP contribution in [0.1, 0.15) is 30.0 Å². The lowest BCUT2D eigenvalue weighted by atomic mass is 10.1. The van der Waals surface area contributed by atoms with Crippen molar-refractivity contribution in [1.82, 2.24) is 15.3 Å². The van der Waals surface area contributed by atoms with E-state index in [1.807, 2.05) is 20.8 Å². The van der Waals surface area contributed by atoms with Crippen LogP contribution in [0, 0.1) is 6.92 Å². The fourth-order valence-corrected chi connectivity index (χ4v) is 0.977. The zero-order chi connectivity index (χ0) is 11.5. The van der Waals surface area contributed by atoms with Crippen LogP contribution < -0.4 is 11.1 Å². The molecule has 1 rings (SSSR count). The number of hydrogen-bond acceptors (Lipinski definition) is 4. The third-order valence-electron chi connectivity index (χ3n) is 1.74. The van der Waals surface area contributed by atoms with Gasteiger partial charge in [0.15, 0.2) is 0 Å². The van der Waals surface area contributed by atoms with Gasteiger partial charge < -0.3 is 11.1 Å². The molecule has 1 heterocycles. The van der Waals surface area contributed by atoms with Crippen LogP contribution in [0.2, 0.25) is 0 Å². The van der Waals surface area contributed by atoms with Crippen LogP contribution in [0.25, 0.3) is 0 Å². The summed E-state index contributed by atoms with van der Waals surface area (Å²) in [5, 5.41) is 2.71. The van der Waals surface area contributed by atoms with E-state index in [0.29, 0.717) is 12.2 Å². The minimum atomic E-state index is -0.419. The fraction of sp³-hybridized carbons (Fsp3) is 0.500. The summed E-state index contributed by atoms with van der Waals surface area (Å²) in [6.07, 6.45) is 1.37. The molecule has 5 heteroatoms. The van der Waals surface area contributed by atoms with Gasteiger partial charge in [0, 0.05) is 17.8 Å². The highest BCUT2D eigenvalue weighted by Gasteiger charge is 2.14. The minimum absolute atomic E-state index is 0.223. The number of nitrogens with one attached hydrogen (secondary N) is 1. The average Bonchev–Trinajstić information content (AvgIpc) is 2.13. The zero-order valence-corrected chi connectivity index (χ0v) is 9.24. The Morgan fingerprint density at radius 1 is 1.53 bits per heavy atom. The average molecular weight is 208 g/mol. The molecular weight excluding hydrogens is 192 g/mol. The molecule has 1 aromatic heterocycles. The van der Waals surface area contributed by atoms with Crippen LogP contribution in [0.4, 0.5) is 0 Å². The van der Waals surface area contributed by atoms with Crippen molar-refractivity contribution in [3.05, 3.63) is 23.8 Å². The molecule has 0 saturated heterocycles. The van der Waals surface area contributed by atoms with Gasteiger partial charge >= 0.3 is 0 Å². The fourth-order valence-electron chi connectivity index (χ4n) is 0.977. The molecule has 82 valence electrons. The van der Waals surface area contributed by atoms with E-state index < -0.39 is 5.54 Å². The van der Waals surface area contributed by atoms with Crippen molar-refractivity contribution in [3.8, 4) is 0 Å². The second-order valence-corrected chi connectivity index (χ2v) is 4.22. The normalized spacial score (nSPS) is 11.2. The molecule has 0 atom stereocenters. The third kappa shape index (κ3) is 4.03. The quantitative estimate of drug-likeness (QED) is 0.746. The van der Waals surface area contributed by atoms with Gasteiger partial charge in [-0.25, -0.2) is 9.97 Å². The van der Waals surface area contributed by atoms with Gasteiger partial charge in [0.2, 0.25) is 0 Å². The lowest BCUT2D eigenvalue weighted by Crippen LogP contribution is -2.45. The van der Waals surface area contributed by atoms with E-state index in [2.05, 4.69) is 15.3 Å². The maximum absolute atomic E-state index is 11.6. The van der Waals surface area contributed by atoms with Gasteiger partial charge in [-0.3, -0.25) is 4.79 Å². The molecular formula is C10H16N4O. The molecule has 0 spiro atoms. The smallest absolute Gasteiger partial charge is 0.270 e. The summed E-state index contributed by atoms with van der Waals surface area (Å²) in [6.45, 7) is 5.91. The molecule has 1 aromatic rings. The molecule has 0 bridgehead atoms. The zero-order valence-electron chi connectivity index (χ0n) is 9.24. The Kier molecular flexibility index (Phi) is 3.36. The number of amides is 1. The first-order valence-corrected chi connectivity index (χ1v) is 4.74. The van der Waals surface area contributed by atoms with Crippen molar-refractivity contribution < 1.29 is 4.79 Å². The summed E-state index contributed by atoms with van der Waals surface area (Å²) in [5.41, 5.74) is 6.46. The number of aromatic nitrogens is 2. The van der Waals surface area contributed by atoms with Crippen molar-refractivity contribution >= 4 is 5.91 Å². The van der Waals surface area contributed by atoms with Gasteiger partial charge in [-0.05, 0) is 26.8 Å². The lowest BCUT2D eigenvalue weighted by Gasteiger charge is -2.18. The van der Waals surface area contributed by atoms with E-state index in [1.165, 1.54) is 6.33 Å². The van der Waals surface area contributed by atoms with Crippen LogP contribution in [-0.4, -0.2) is 28.0 Å². The Bertz CT molecular complexity index is 357. The predicted octanol–water partition coefficient (Wildman–Crippen LogP) is 0.252. The summed E-state index contributed by atoms with van der Waals surface area (Å²) in [6, 6.07) is 1.64. The second kappa shape index (κ2) is 4.35. The summed E-state index contributed by atoms with van der Waals surface area (Å²) < 4.78 is 0. The molecule has 0 fully saturated rings. The number of carbonyl (C=O) groups excluding carboxylic acids is 1. The molecule has 0 radical (unpaired) electrons. The second-order valence-electron chi connectivity index (χ2n) is 4.22. The highest BCUT2D eigenvalue weighted by molar-refractivity contribution is 5.92. The van der Waals surface area contributed by atoms with Gasteiger partial charge in [0.25, 0.3) is 5.91 Å². The summed E-state index contributed by atoms with van der Waals surface area (Å²) >= 11 is 0. The molecule has 0 aliphatic heterocycles. The number of rotatable bonds is 3. The number of aryl methyl sites for hydroxylation is 1. The monoisotopic (exact) mass is 208 g/mol. The number of carbonyl (C=O) groups is 1. The SMILES string of the molecule is Cc1cc(C(=O)NCC(C)(C)N)ncn1. The van der Waals surface area contributed by atoms with E-state index in [1.54, 1.807) is 6.07 Å². The molecule has 0 saturated carbocycles. The third-order valence-corrected chi connectivity index (χ3v) is 1.74. The van der Waals surface area contributed by atoms with Crippen molar-refractivity contribution in [2.75, 3.05) is 6.54 Å². The standard InChI is InChI=1S/C10H16N4O/c1-7-4-8(14-6-13-7)9(15)12-5-10(2,3)11/h4,6H,5,11H2,1-3H3,(H,12,15). The largest absolute Gasteiger partial charge is 0.349 e. The number of hydrogen-bond donors (Lipinski definition) is 2. The molecule has 15 heavy (non-hydrogen) atoms. The maximum atomic E-state index is 11.6. The maximum Gasteiger partial charge on any atom is 0.270 e.